The molecule has 0 heterocycles. The summed E-state index contributed by atoms with van der Waals surface area (Å²) in [5.74, 6) is 0.166. The van der Waals surface area contributed by atoms with E-state index in [1.165, 1.54) is 0 Å². The largest absolute Gasteiger partial charge is 0.484 e. The summed E-state index contributed by atoms with van der Waals surface area (Å²) < 4.78 is 5.62. The monoisotopic (exact) mass is 402 g/mol. The van der Waals surface area contributed by atoms with Crippen molar-refractivity contribution >= 4 is 11.8 Å². The lowest BCUT2D eigenvalue weighted by Crippen LogP contribution is -2.48. The van der Waals surface area contributed by atoms with Gasteiger partial charge in [0.25, 0.3) is 5.91 Å². The number of hydrogen-bond acceptors (Lipinski definition) is 3. The van der Waals surface area contributed by atoms with Crippen LogP contribution in [0.25, 0.3) is 0 Å². The van der Waals surface area contributed by atoms with Crippen LogP contribution in [0, 0.1) is 0 Å². The van der Waals surface area contributed by atoms with E-state index in [0.29, 0.717) is 18.8 Å². The van der Waals surface area contributed by atoms with Crippen LogP contribution in [0.15, 0.2) is 91.0 Å². The number of nitrogens with one attached hydrogen (secondary N) is 1. The molecule has 2 amide bonds. The molecule has 0 saturated carbocycles. The summed E-state index contributed by atoms with van der Waals surface area (Å²) in [7, 11) is 0. The smallest absolute Gasteiger partial charge is 0.261 e. The van der Waals surface area contributed by atoms with Crippen molar-refractivity contribution in [2.24, 2.45) is 0 Å². The van der Waals surface area contributed by atoms with E-state index in [0.717, 1.165) is 11.1 Å². The minimum absolute atomic E-state index is 0.132. The molecular formula is C25H26N2O3. The highest BCUT2D eigenvalue weighted by atomic mass is 16.5. The number of carbonyl (C=O) groups is 2. The Bertz CT molecular complexity index is 930. The molecule has 0 fully saturated rings. The predicted molar refractivity (Wildman–Crippen MR) is 117 cm³/mol. The summed E-state index contributed by atoms with van der Waals surface area (Å²) in [6, 6.07) is 27.8. The topological polar surface area (TPSA) is 58.6 Å². The van der Waals surface area contributed by atoms with Crippen molar-refractivity contribution in [2.45, 2.75) is 26.1 Å². The average molecular weight is 402 g/mol. The Morgan fingerprint density at radius 2 is 1.37 bits per heavy atom. The first-order valence-corrected chi connectivity index (χ1v) is 9.96. The molecule has 1 N–H and O–H groups in total. The summed E-state index contributed by atoms with van der Waals surface area (Å²) in [5, 5.41) is 2.92. The van der Waals surface area contributed by atoms with Gasteiger partial charge in [-0.1, -0.05) is 78.9 Å². The van der Waals surface area contributed by atoms with Gasteiger partial charge in [-0.3, -0.25) is 9.59 Å². The van der Waals surface area contributed by atoms with Crippen LogP contribution in [0.3, 0.4) is 0 Å². The normalized spacial score (nSPS) is 11.4. The predicted octanol–water partition coefficient (Wildman–Crippen LogP) is 3.80. The lowest BCUT2D eigenvalue weighted by Gasteiger charge is -2.28. The molecule has 0 aliphatic heterocycles. The van der Waals surface area contributed by atoms with Gasteiger partial charge in [-0.15, -0.1) is 0 Å². The fourth-order valence-corrected chi connectivity index (χ4v) is 3.04. The molecule has 0 aliphatic carbocycles. The minimum atomic E-state index is -0.638. The number of nitrogens with zero attached hydrogens (tertiary/aromatic N) is 1. The molecule has 3 rings (SSSR count). The zero-order valence-electron chi connectivity index (χ0n) is 17.0. The van der Waals surface area contributed by atoms with E-state index in [9.17, 15) is 9.59 Å². The van der Waals surface area contributed by atoms with Crippen molar-refractivity contribution in [3.63, 3.8) is 0 Å². The van der Waals surface area contributed by atoms with Gasteiger partial charge in [0.05, 0.1) is 0 Å². The summed E-state index contributed by atoms with van der Waals surface area (Å²) in [6.07, 6.45) is 0. The van der Waals surface area contributed by atoms with E-state index in [2.05, 4.69) is 5.32 Å². The third-order valence-electron chi connectivity index (χ3n) is 4.78. The van der Waals surface area contributed by atoms with Crippen LogP contribution in [-0.4, -0.2) is 29.4 Å². The van der Waals surface area contributed by atoms with Crippen molar-refractivity contribution in [2.75, 3.05) is 6.61 Å². The quantitative estimate of drug-likeness (QED) is 0.592. The Morgan fingerprint density at radius 3 is 1.97 bits per heavy atom. The maximum Gasteiger partial charge on any atom is 0.261 e. The zero-order chi connectivity index (χ0) is 21.2. The SMILES string of the molecule is C[C@H](C(=O)NCc1ccccc1)N(Cc1ccccc1)C(=O)COc1ccccc1. The van der Waals surface area contributed by atoms with Crippen LogP contribution in [0.1, 0.15) is 18.1 Å². The van der Waals surface area contributed by atoms with Crippen molar-refractivity contribution < 1.29 is 14.3 Å². The highest BCUT2D eigenvalue weighted by Gasteiger charge is 2.26. The second-order valence-electron chi connectivity index (χ2n) is 6.99. The Balaban J connectivity index is 1.67. The number of para-hydroxylation sites is 1. The Kier molecular flexibility index (Phi) is 7.61. The molecule has 0 bridgehead atoms. The lowest BCUT2D eigenvalue weighted by atomic mass is 10.1. The number of hydrogen-bond donors (Lipinski definition) is 1. The Labute approximate surface area is 177 Å². The molecule has 0 aliphatic rings. The number of amides is 2. The Hall–Kier alpha value is -3.60. The zero-order valence-corrected chi connectivity index (χ0v) is 17.0. The van der Waals surface area contributed by atoms with Crippen molar-refractivity contribution in [1.29, 1.82) is 0 Å². The molecule has 3 aromatic carbocycles. The van der Waals surface area contributed by atoms with E-state index in [-0.39, 0.29) is 18.4 Å². The lowest BCUT2D eigenvalue weighted by molar-refractivity contribution is -0.142. The van der Waals surface area contributed by atoms with E-state index >= 15 is 0 Å². The molecule has 3 aromatic rings. The van der Waals surface area contributed by atoms with Crippen LogP contribution in [0.5, 0.6) is 5.75 Å². The molecule has 0 saturated heterocycles. The molecule has 0 unspecified atom stereocenters. The maximum atomic E-state index is 13.0. The van der Waals surface area contributed by atoms with Gasteiger partial charge in [0.15, 0.2) is 6.61 Å². The second kappa shape index (κ2) is 10.8. The minimum Gasteiger partial charge on any atom is -0.484 e. The molecule has 5 heteroatoms. The maximum absolute atomic E-state index is 13.0. The van der Waals surface area contributed by atoms with Crippen LogP contribution < -0.4 is 10.1 Å². The van der Waals surface area contributed by atoms with Gasteiger partial charge in [0, 0.05) is 13.1 Å². The van der Waals surface area contributed by atoms with Crippen LogP contribution >= 0.6 is 0 Å². The van der Waals surface area contributed by atoms with Gasteiger partial charge >= 0.3 is 0 Å². The molecule has 30 heavy (non-hydrogen) atoms. The molecule has 5 nitrogen and oxygen atoms in total. The van der Waals surface area contributed by atoms with Crippen molar-refractivity contribution in [1.82, 2.24) is 10.2 Å². The molecule has 1 atom stereocenters. The van der Waals surface area contributed by atoms with Crippen LogP contribution in [0.2, 0.25) is 0 Å². The Morgan fingerprint density at radius 1 is 0.833 bits per heavy atom. The van der Waals surface area contributed by atoms with Gasteiger partial charge in [0.1, 0.15) is 11.8 Å². The first kappa shape index (κ1) is 21.1. The van der Waals surface area contributed by atoms with Crippen molar-refractivity contribution in [3.05, 3.63) is 102 Å². The van der Waals surface area contributed by atoms with Gasteiger partial charge in [-0.2, -0.15) is 0 Å². The van der Waals surface area contributed by atoms with E-state index in [4.69, 9.17) is 4.74 Å². The average Bonchev–Trinajstić information content (AvgIpc) is 2.81. The summed E-state index contributed by atoms with van der Waals surface area (Å²) in [6.45, 7) is 2.35. The van der Waals surface area contributed by atoms with Crippen molar-refractivity contribution in [3.8, 4) is 5.75 Å². The summed E-state index contributed by atoms with van der Waals surface area (Å²) in [5.41, 5.74) is 1.96. The highest BCUT2D eigenvalue weighted by molar-refractivity contribution is 5.87. The van der Waals surface area contributed by atoms with Gasteiger partial charge < -0.3 is 15.0 Å². The number of carbonyl (C=O) groups excluding carboxylic acids is 2. The van der Waals surface area contributed by atoms with Gasteiger partial charge in [-0.05, 0) is 30.2 Å². The van der Waals surface area contributed by atoms with Gasteiger partial charge in [0.2, 0.25) is 5.91 Å². The fourth-order valence-electron chi connectivity index (χ4n) is 3.04. The third kappa shape index (κ3) is 6.21. The van der Waals surface area contributed by atoms with Crippen LogP contribution in [-0.2, 0) is 22.7 Å². The number of rotatable bonds is 9. The molecule has 154 valence electrons. The van der Waals surface area contributed by atoms with E-state index in [1.807, 2.05) is 78.9 Å². The highest BCUT2D eigenvalue weighted by Crippen LogP contribution is 2.12. The standard InChI is InChI=1S/C25H26N2O3/c1-20(25(29)26-17-21-11-5-2-6-12-21)27(18-22-13-7-3-8-14-22)24(28)19-30-23-15-9-4-10-16-23/h2-16,20H,17-19H2,1H3,(H,26,29)/t20-/m1/s1. The van der Waals surface area contributed by atoms with E-state index in [1.54, 1.807) is 24.0 Å². The number of benzene rings is 3. The molecule has 0 spiro atoms. The molecular weight excluding hydrogens is 376 g/mol. The summed E-state index contributed by atoms with van der Waals surface area (Å²) in [4.78, 5) is 27.3. The summed E-state index contributed by atoms with van der Waals surface area (Å²) >= 11 is 0. The molecule has 0 aromatic heterocycles. The number of ether oxygens (including phenoxy) is 1. The third-order valence-corrected chi connectivity index (χ3v) is 4.78. The van der Waals surface area contributed by atoms with E-state index < -0.39 is 6.04 Å². The fraction of sp³-hybridized carbons (Fsp3) is 0.200. The van der Waals surface area contributed by atoms with Gasteiger partial charge in [-0.25, -0.2) is 0 Å². The molecule has 0 radical (unpaired) electrons. The first-order chi connectivity index (χ1) is 14.6. The van der Waals surface area contributed by atoms with Crippen LogP contribution in [0.4, 0.5) is 0 Å². The second-order valence-corrected chi connectivity index (χ2v) is 6.99. The first-order valence-electron chi connectivity index (χ1n) is 9.96.